The molecule has 132 valence electrons. The highest BCUT2D eigenvalue weighted by Gasteiger charge is 2.25. The molecule has 4 rings (SSSR count). The van der Waals surface area contributed by atoms with Gasteiger partial charge in [-0.05, 0) is 61.0 Å². The average molecular weight is 348 g/mol. The normalized spacial score (nSPS) is 15.6. The summed E-state index contributed by atoms with van der Waals surface area (Å²) < 4.78 is 34.2. The van der Waals surface area contributed by atoms with E-state index in [0.717, 1.165) is 29.1 Å². The van der Waals surface area contributed by atoms with Gasteiger partial charge in [0, 0.05) is 40.4 Å². The smallest absolute Gasteiger partial charge is 0.212 e. The Balaban J connectivity index is 1.91. The van der Waals surface area contributed by atoms with E-state index in [-0.39, 0.29) is 5.56 Å². The Kier molecular flexibility index (Phi) is 2.98. The first-order chi connectivity index (χ1) is 13.9. The summed E-state index contributed by atoms with van der Waals surface area (Å²) in [6.07, 6.45) is 2.47. The summed E-state index contributed by atoms with van der Waals surface area (Å²) in [6, 6.07) is 10.3. The Morgan fingerprint density at radius 2 is 1.85 bits per heavy atom. The Morgan fingerprint density at radius 3 is 2.58 bits per heavy atom. The molecule has 26 heavy (non-hydrogen) atoms. The minimum absolute atomic E-state index is 0.236. The van der Waals surface area contributed by atoms with Crippen molar-refractivity contribution in [1.82, 2.24) is 4.98 Å². The van der Waals surface area contributed by atoms with E-state index in [4.69, 9.17) is 10.5 Å². The van der Waals surface area contributed by atoms with Crippen LogP contribution in [0.1, 0.15) is 58.9 Å². The SMILES string of the molecule is [2H]C([2H])([2H])c1c[n+](C)c(-c2ccc3c(c2C)Cc2nc(C)ccc2-3)cc1C([2H])(C)C. The maximum absolute atomic E-state index is 8.54. The molecule has 0 spiro atoms. The molecule has 2 heteroatoms. The van der Waals surface area contributed by atoms with Gasteiger partial charge in [-0.15, -0.1) is 0 Å². The van der Waals surface area contributed by atoms with Crippen LogP contribution in [0.3, 0.4) is 0 Å². The number of aromatic nitrogens is 2. The van der Waals surface area contributed by atoms with E-state index in [9.17, 15) is 0 Å². The number of fused-ring (bicyclic) bond motifs is 3. The molecule has 3 aromatic rings. The van der Waals surface area contributed by atoms with Gasteiger partial charge in [-0.2, -0.15) is 0 Å². The zero-order valence-electron chi connectivity index (χ0n) is 20.1. The van der Waals surface area contributed by atoms with Crippen LogP contribution in [-0.2, 0) is 13.5 Å². The van der Waals surface area contributed by atoms with Crippen molar-refractivity contribution in [2.24, 2.45) is 7.05 Å². The Hall–Kier alpha value is -2.48. The van der Waals surface area contributed by atoms with Gasteiger partial charge < -0.3 is 0 Å². The number of hydrogen-bond acceptors (Lipinski definition) is 1. The number of hydrogen-bond donors (Lipinski definition) is 0. The summed E-state index contributed by atoms with van der Waals surface area (Å²) in [5, 5.41) is 0. The Morgan fingerprint density at radius 1 is 1.12 bits per heavy atom. The predicted molar refractivity (Wildman–Crippen MR) is 107 cm³/mol. The zero-order chi connectivity index (χ0) is 22.0. The van der Waals surface area contributed by atoms with Crippen LogP contribution < -0.4 is 4.57 Å². The van der Waals surface area contributed by atoms with E-state index in [2.05, 4.69) is 25.1 Å². The van der Waals surface area contributed by atoms with Crippen LogP contribution in [-0.4, -0.2) is 4.98 Å². The summed E-state index contributed by atoms with van der Waals surface area (Å²) in [5.74, 6) is -1.02. The second-order valence-electron chi connectivity index (χ2n) is 7.48. The summed E-state index contributed by atoms with van der Waals surface area (Å²) in [7, 11) is 1.87. The summed E-state index contributed by atoms with van der Waals surface area (Å²) >= 11 is 0. The lowest BCUT2D eigenvalue weighted by atomic mass is 9.92. The largest absolute Gasteiger partial charge is 0.257 e. The molecule has 0 aliphatic heterocycles. The number of benzene rings is 1. The van der Waals surface area contributed by atoms with Crippen LogP contribution >= 0.6 is 0 Å². The molecule has 0 saturated heterocycles. The lowest BCUT2D eigenvalue weighted by Gasteiger charge is -2.13. The summed E-state index contributed by atoms with van der Waals surface area (Å²) in [6.45, 7) is 5.35. The van der Waals surface area contributed by atoms with Gasteiger partial charge in [0.2, 0.25) is 5.69 Å². The van der Waals surface area contributed by atoms with Crippen molar-refractivity contribution in [3.8, 4) is 22.4 Å². The minimum atomic E-state index is -2.26. The predicted octanol–water partition coefficient (Wildman–Crippen LogP) is 5.19. The highest BCUT2D eigenvalue weighted by Crippen LogP contribution is 2.40. The molecule has 0 N–H and O–H groups in total. The molecule has 0 unspecified atom stereocenters. The summed E-state index contributed by atoms with van der Waals surface area (Å²) in [4.78, 5) is 4.72. The first-order valence-electron chi connectivity index (χ1n) is 11.0. The molecule has 0 saturated carbocycles. The van der Waals surface area contributed by atoms with E-state index in [1.807, 2.05) is 30.7 Å². The van der Waals surface area contributed by atoms with Gasteiger partial charge in [-0.25, -0.2) is 4.57 Å². The van der Waals surface area contributed by atoms with Gasteiger partial charge in [-0.3, -0.25) is 4.98 Å². The lowest BCUT2D eigenvalue weighted by molar-refractivity contribution is -0.660. The zero-order valence-corrected chi connectivity index (χ0v) is 16.1. The molecular formula is C24H27N2+. The number of nitrogens with zero attached hydrogens (tertiary/aromatic N) is 2. The number of aryl methyl sites for hydroxylation is 3. The molecular weight excluding hydrogens is 316 g/mol. The average Bonchev–Trinajstić information content (AvgIpc) is 2.99. The van der Waals surface area contributed by atoms with E-state index < -0.39 is 12.7 Å². The maximum atomic E-state index is 8.54. The molecule has 0 amide bonds. The first-order valence-corrected chi connectivity index (χ1v) is 9.02. The Labute approximate surface area is 162 Å². The second-order valence-corrected chi connectivity index (χ2v) is 7.48. The Bertz CT molecular complexity index is 1170. The van der Waals surface area contributed by atoms with Gasteiger partial charge in [0.05, 0.1) is 5.69 Å². The van der Waals surface area contributed by atoms with Crippen LogP contribution in [0, 0.1) is 20.7 Å². The van der Waals surface area contributed by atoms with Crippen molar-refractivity contribution < 1.29 is 10.1 Å². The van der Waals surface area contributed by atoms with E-state index >= 15 is 0 Å². The topological polar surface area (TPSA) is 16.8 Å². The highest BCUT2D eigenvalue weighted by atomic mass is 14.9. The second kappa shape index (κ2) is 6.05. The maximum Gasteiger partial charge on any atom is 0.212 e. The quantitative estimate of drug-likeness (QED) is 0.456. The molecule has 0 atom stereocenters. The van der Waals surface area contributed by atoms with E-state index in [1.165, 1.54) is 22.3 Å². The molecule has 2 nitrogen and oxygen atoms in total. The van der Waals surface area contributed by atoms with Crippen molar-refractivity contribution in [1.29, 1.82) is 0 Å². The van der Waals surface area contributed by atoms with E-state index in [1.54, 1.807) is 20.0 Å². The van der Waals surface area contributed by atoms with Gasteiger partial charge in [0.1, 0.15) is 7.05 Å². The number of pyridine rings is 2. The van der Waals surface area contributed by atoms with Crippen molar-refractivity contribution in [3.05, 3.63) is 70.2 Å². The van der Waals surface area contributed by atoms with Crippen LogP contribution in [0.5, 0.6) is 0 Å². The van der Waals surface area contributed by atoms with Crippen LogP contribution in [0.4, 0.5) is 0 Å². The van der Waals surface area contributed by atoms with Gasteiger partial charge >= 0.3 is 0 Å². The highest BCUT2D eigenvalue weighted by molar-refractivity contribution is 5.81. The first kappa shape index (κ1) is 12.8. The summed E-state index contributed by atoms with van der Waals surface area (Å²) in [5.41, 5.74) is 9.75. The molecule has 2 aromatic heterocycles. The third-order valence-electron chi connectivity index (χ3n) is 5.43. The fraction of sp³-hybridized carbons (Fsp3) is 0.333. The van der Waals surface area contributed by atoms with Gasteiger partial charge in [0.25, 0.3) is 0 Å². The third-order valence-corrected chi connectivity index (χ3v) is 5.43. The molecule has 0 fully saturated rings. The molecule has 1 aliphatic carbocycles. The van der Waals surface area contributed by atoms with Crippen molar-refractivity contribution in [2.45, 2.75) is 46.9 Å². The third kappa shape index (κ3) is 2.56. The van der Waals surface area contributed by atoms with Crippen LogP contribution in [0.15, 0.2) is 36.5 Å². The van der Waals surface area contributed by atoms with Crippen LogP contribution in [0.2, 0.25) is 0 Å². The number of rotatable bonds is 2. The van der Waals surface area contributed by atoms with Gasteiger partial charge in [0.15, 0.2) is 6.20 Å². The van der Waals surface area contributed by atoms with Crippen molar-refractivity contribution in [3.63, 3.8) is 0 Å². The molecule has 0 bridgehead atoms. The molecule has 1 aliphatic rings. The van der Waals surface area contributed by atoms with Crippen molar-refractivity contribution in [2.75, 3.05) is 0 Å². The van der Waals surface area contributed by atoms with Crippen LogP contribution in [0.25, 0.3) is 22.4 Å². The van der Waals surface area contributed by atoms with E-state index in [0.29, 0.717) is 5.56 Å². The minimum Gasteiger partial charge on any atom is -0.257 e. The fourth-order valence-electron chi connectivity index (χ4n) is 4.00. The lowest BCUT2D eigenvalue weighted by Crippen LogP contribution is -2.32. The molecule has 0 radical (unpaired) electrons. The molecule has 2 heterocycles. The molecule has 1 aromatic carbocycles. The standard InChI is InChI=1S/C24H27N2/c1-14(2)21-12-24(26(6)13-15(21)3)18-9-10-19-20-8-7-16(4)25-23(20)11-22(19)17(18)5/h7-10,12-14H,11H2,1-6H3/q+1/i3D3,14D. The van der Waals surface area contributed by atoms with Gasteiger partial charge in [-0.1, -0.05) is 26.0 Å². The van der Waals surface area contributed by atoms with Crippen molar-refractivity contribution >= 4 is 0 Å². The monoisotopic (exact) mass is 347 g/mol. The fourth-order valence-corrected chi connectivity index (χ4v) is 4.00.